The van der Waals surface area contributed by atoms with Crippen molar-refractivity contribution >= 4 is 17.7 Å². The second-order valence-corrected chi connectivity index (χ2v) is 7.30. The predicted octanol–water partition coefficient (Wildman–Crippen LogP) is 5.61. The third kappa shape index (κ3) is 5.06. The van der Waals surface area contributed by atoms with Gasteiger partial charge >= 0.3 is 0 Å². The zero-order chi connectivity index (χ0) is 21.6. The van der Waals surface area contributed by atoms with Crippen molar-refractivity contribution in [1.82, 2.24) is 0 Å². The molecule has 0 atom stereocenters. The first-order valence-electron chi connectivity index (χ1n) is 10.0. The molecule has 0 radical (unpaired) electrons. The third-order valence-electron chi connectivity index (χ3n) is 4.97. The number of carbonyl (C=O) groups excluding carboxylic acids is 1. The van der Waals surface area contributed by atoms with E-state index in [4.69, 9.17) is 0 Å². The van der Waals surface area contributed by atoms with Crippen LogP contribution in [0.2, 0.25) is 0 Å². The summed E-state index contributed by atoms with van der Waals surface area (Å²) >= 11 is 0. The molecule has 0 fully saturated rings. The van der Waals surface area contributed by atoms with Gasteiger partial charge in [-0.25, -0.2) is 0 Å². The second-order valence-electron chi connectivity index (χ2n) is 7.30. The molecule has 1 heterocycles. The standard InChI is InChI=1S/C27H22N2O2/c1-20-8-11-22(12-9-20)24-6-4-5-21(19-24)10-17-27(30)28-25-15-13-23(14-16-25)26-7-2-3-18-29(26)31/h2-19H,1H3,(H,28,30)/b17-10+. The highest BCUT2D eigenvalue weighted by atomic mass is 16.5. The van der Waals surface area contributed by atoms with Gasteiger partial charge in [-0.3, -0.25) is 4.79 Å². The van der Waals surface area contributed by atoms with Gasteiger partial charge in [0.15, 0.2) is 6.20 Å². The van der Waals surface area contributed by atoms with Crippen LogP contribution < -0.4 is 10.0 Å². The van der Waals surface area contributed by atoms with E-state index in [1.165, 1.54) is 17.8 Å². The Labute approximate surface area is 181 Å². The predicted molar refractivity (Wildman–Crippen MR) is 125 cm³/mol. The fraction of sp³-hybridized carbons (Fsp3) is 0.0370. The van der Waals surface area contributed by atoms with E-state index in [9.17, 15) is 10.0 Å². The van der Waals surface area contributed by atoms with E-state index in [2.05, 4.69) is 48.6 Å². The van der Waals surface area contributed by atoms with Crippen LogP contribution in [-0.4, -0.2) is 5.91 Å². The SMILES string of the molecule is Cc1ccc(-c2cccc(/C=C/C(=O)Nc3ccc(-c4cccc[n+]4[O-])cc3)c2)cc1. The lowest BCUT2D eigenvalue weighted by Gasteiger charge is -2.06. The number of aromatic nitrogens is 1. The Hall–Kier alpha value is -4.18. The molecule has 0 aliphatic rings. The number of hydrogen-bond acceptors (Lipinski definition) is 2. The molecule has 4 aromatic rings. The number of rotatable bonds is 5. The van der Waals surface area contributed by atoms with Gasteiger partial charge in [0.2, 0.25) is 11.6 Å². The molecule has 3 aromatic carbocycles. The number of nitrogens with zero attached hydrogens (tertiary/aromatic N) is 1. The topological polar surface area (TPSA) is 56.0 Å². The van der Waals surface area contributed by atoms with E-state index in [0.29, 0.717) is 11.4 Å². The number of amides is 1. The highest BCUT2D eigenvalue weighted by molar-refractivity contribution is 6.02. The molecule has 0 aliphatic carbocycles. The molecule has 4 heteroatoms. The van der Waals surface area contributed by atoms with Gasteiger partial charge in [-0.1, -0.05) is 48.0 Å². The van der Waals surface area contributed by atoms with Crippen molar-refractivity contribution in [3.63, 3.8) is 0 Å². The molecule has 0 spiro atoms. The molecular weight excluding hydrogens is 384 g/mol. The minimum Gasteiger partial charge on any atom is -0.618 e. The van der Waals surface area contributed by atoms with E-state index in [-0.39, 0.29) is 5.91 Å². The highest BCUT2D eigenvalue weighted by Crippen LogP contribution is 2.22. The molecule has 0 unspecified atom stereocenters. The maximum atomic E-state index is 12.3. The third-order valence-corrected chi connectivity index (χ3v) is 4.97. The number of carbonyl (C=O) groups is 1. The van der Waals surface area contributed by atoms with Gasteiger partial charge in [0.1, 0.15) is 0 Å². The number of benzene rings is 3. The lowest BCUT2D eigenvalue weighted by atomic mass is 10.0. The molecule has 1 aromatic heterocycles. The zero-order valence-corrected chi connectivity index (χ0v) is 17.2. The summed E-state index contributed by atoms with van der Waals surface area (Å²) in [5, 5.41) is 14.7. The van der Waals surface area contributed by atoms with E-state index >= 15 is 0 Å². The molecule has 4 rings (SSSR count). The summed E-state index contributed by atoms with van der Waals surface area (Å²) < 4.78 is 0.820. The minimum absolute atomic E-state index is 0.216. The van der Waals surface area contributed by atoms with Crippen molar-refractivity contribution in [2.24, 2.45) is 0 Å². The van der Waals surface area contributed by atoms with Gasteiger partial charge in [0, 0.05) is 29.5 Å². The Balaban J connectivity index is 1.42. The normalized spacial score (nSPS) is 10.9. The number of aryl methyl sites for hydroxylation is 1. The first kappa shape index (κ1) is 20.1. The van der Waals surface area contributed by atoms with Crippen molar-refractivity contribution in [1.29, 1.82) is 0 Å². The number of pyridine rings is 1. The van der Waals surface area contributed by atoms with Gasteiger partial charge in [0.05, 0.1) is 0 Å². The molecule has 0 aliphatic heterocycles. The quantitative estimate of drug-likeness (QED) is 0.266. The Morgan fingerprint density at radius 1 is 0.839 bits per heavy atom. The van der Waals surface area contributed by atoms with Crippen LogP contribution in [0.1, 0.15) is 11.1 Å². The Kier molecular flexibility index (Phi) is 5.90. The lowest BCUT2D eigenvalue weighted by molar-refractivity contribution is -0.593. The maximum absolute atomic E-state index is 12.3. The van der Waals surface area contributed by atoms with Gasteiger partial charge in [-0.05, 0) is 66.1 Å². The Bertz CT molecular complexity index is 1230. The monoisotopic (exact) mass is 406 g/mol. The first-order chi connectivity index (χ1) is 15.1. The van der Waals surface area contributed by atoms with Crippen LogP contribution in [0.4, 0.5) is 5.69 Å². The smallest absolute Gasteiger partial charge is 0.248 e. The van der Waals surface area contributed by atoms with Crippen molar-refractivity contribution in [3.05, 3.63) is 120 Å². The fourth-order valence-electron chi connectivity index (χ4n) is 3.30. The van der Waals surface area contributed by atoms with Crippen molar-refractivity contribution in [2.75, 3.05) is 5.32 Å². The largest absolute Gasteiger partial charge is 0.618 e. The number of anilines is 1. The average molecular weight is 406 g/mol. The summed E-state index contributed by atoms with van der Waals surface area (Å²) in [5.41, 5.74) is 6.44. The van der Waals surface area contributed by atoms with Crippen molar-refractivity contribution < 1.29 is 9.52 Å². The van der Waals surface area contributed by atoms with Crippen molar-refractivity contribution in [2.45, 2.75) is 6.92 Å². The summed E-state index contributed by atoms with van der Waals surface area (Å²) in [4.78, 5) is 12.3. The number of hydrogen-bond donors (Lipinski definition) is 1. The van der Waals surface area contributed by atoms with Gasteiger partial charge < -0.3 is 10.5 Å². The minimum atomic E-state index is -0.216. The average Bonchev–Trinajstić information content (AvgIpc) is 2.79. The fourth-order valence-corrected chi connectivity index (χ4v) is 3.30. The molecule has 4 nitrogen and oxygen atoms in total. The Morgan fingerprint density at radius 2 is 1.58 bits per heavy atom. The van der Waals surface area contributed by atoms with Crippen LogP contribution in [0, 0.1) is 12.1 Å². The van der Waals surface area contributed by atoms with Crippen LogP contribution in [0.25, 0.3) is 28.5 Å². The summed E-state index contributed by atoms with van der Waals surface area (Å²) in [6, 6.07) is 28.9. The van der Waals surface area contributed by atoms with Gasteiger partial charge in [0.25, 0.3) is 0 Å². The van der Waals surface area contributed by atoms with Crippen LogP contribution in [0.15, 0.2) is 103 Å². The molecule has 0 saturated carbocycles. The van der Waals surface area contributed by atoms with E-state index in [1.54, 1.807) is 30.3 Å². The lowest BCUT2D eigenvalue weighted by Crippen LogP contribution is -2.27. The molecular formula is C27H22N2O2. The summed E-state index contributed by atoms with van der Waals surface area (Å²) in [6.07, 6.45) is 4.78. The van der Waals surface area contributed by atoms with E-state index in [1.807, 2.05) is 30.3 Å². The summed E-state index contributed by atoms with van der Waals surface area (Å²) in [6.45, 7) is 2.07. The van der Waals surface area contributed by atoms with Crippen LogP contribution in [0.3, 0.4) is 0 Å². The molecule has 0 saturated heterocycles. The zero-order valence-electron chi connectivity index (χ0n) is 17.2. The van der Waals surface area contributed by atoms with Crippen LogP contribution >= 0.6 is 0 Å². The van der Waals surface area contributed by atoms with E-state index < -0.39 is 0 Å². The molecule has 0 bridgehead atoms. The number of nitrogens with one attached hydrogen (secondary N) is 1. The van der Waals surface area contributed by atoms with Gasteiger partial charge in [-0.2, -0.15) is 4.73 Å². The second kappa shape index (κ2) is 9.09. The highest BCUT2D eigenvalue weighted by Gasteiger charge is 2.07. The van der Waals surface area contributed by atoms with Crippen LogP contribution in [0.5, 0.6) is 0 Å². The van der Waals surface area contributed by atoms with Gasteiger partial charge in [-0.15, -0.1) is 0 Å². The molecule has 1 N–H and O–H groups in total. The van der Waals surface area contributed by atoms with E-state index in [0.717, 1.165) is 27.0 Å². The summed E-state index contributed by atoms with van der Waals surface area (Å²) in [7, 11) is 0. The molecule has 152 valence electrons. The Morgan fingerprint density at radius 3 is 2.32 bits per heavy atom. The first-order valence-corrected chi connectivity index (χ1v) is 10.0. The summed E-state index contributed by atoms with van der Waals surface area (Å²) in [5.74, 6) is -0.216. The maximum Gasteiger partial charge on any atom is 0.248 e. The van der Waals surface area contributed by atoms with Crippen molar-refractivity contribution in [3.8, 4) is 22.4 Å². The van der Waals surface area contributed by atoms with Crippen LogP contribution in [-0.2, 0) is 4.79 Å². The molecule has 1 amide bonds. The molecule has 31 heavy (non-hydrogen) atoms.